The van der Waals surface area contributed by atoms with E-state index in [1.807, 2.05) is 0 Å². The summed E-state index contributed by atoms with van der Waals surface area (Å²) in [5.41, 5.74) is 3.24. The minimum atomic E-state index is -0.861. The van der Waals surface area contributed by atoms with Crippen molar-refractivity contribution < 1.29 is 33.4 Å². The van der Waals surface area contributed by atoms with Crippen LogP contribution in [0.4, 0.5) is 5.69 Å². The van der Waals surface area contributed by atoms with E-state index in [4.69, 9.17) is 32.7 Å². The standard InChI is InChI=1S/C23H21Cl2N3O7/c1-2-34-22(32)13-3-6-16(7-4-13)26-19(29)12-35-23(33)14-9-20(30)28(11-14)27-21(31)17-8-5-15(24)10-18(17)25/h3-8,10,14H,2,9,11-12H2,1H3,(H,26,29)(H,27,31)/t14-/m0/s1. The quantitative estimate of drug-likeness (QED) is 0.510. The lowest BCUT2D eigenvalue weighted by atomic mass is 10.1. The molecule has 1 aliphatic heterocycles. The number of hydrogen-bond acceptors (Lipinski definition) is 7. The first-order chi connectivity index (χ1) is 16.7. The second kappa shape index (κ2) is 11.7. The number of carbonyl (C=O) groups is 5. The topological polar surface area (TPSA) is 131 Å². The van der Waals surface area contributed by atoms with E-state index in [-0.39, 0.29) is 30.2 Å². The fourth-order valence-electron chi connectivity index (χ4n) is 3.19. The number of benzene rings is 2. The summed E-state index contributed by atoms with van der Waals surface area (Å²) in [5, 5.41) is 4.00. The maximum atomic E-state index is 12.4. The summed E-state index contributed by atoms with van der Waals surface area (Å²) in [6, 6.07) is 10.3. The van der Waals surface area contributed by atoms with Crippen LogP contribution in [0.1, 0.15) is 34.1 Å². The average Bonchev–Trinajstić information content (AvgIpc) is 3.18. The lowest BCUT2D eigenvalue weighted by Crippen LogP contribution is -2.43. The Hall–Kier alpha value is -3.63. The largest absolute Gasteiger partial charge is 0.462 e. The van der Waals surface area contributed by atoms with E-state index in [0.717, 1.165) is 5.01 Å². The second-order valence-corrected chi connectivity index (χ2v) is 8.27. The van der Waals surface area contributed by atoms with Gasteiger partial charge in [0.25, 0.3) is 11.8 Å². The van der Waals surface area contributed by atoms with Gasteiger partial charge in [-0.2, -0.15) is 0 Å². The van der Waals surface area contributed by atoms with Gasteiger partial charge in [0.15, 0.2) is 6.61 Å². The summed E-state index contributed by atoms with van der Waals surface area (Å²) in [4.78, 5) is 60.7. The normalized spacial score (nSPS) is 14.9. The van der Waals surface area contributed by atoms with E-state index in [1.54, 1.807) is 6.92 Å². The predicted octanol–water partition coefficient (Wildman–Crippen LogP) is 2.85. The fraction of sp³-hybridized carbons (Fsp3) is 0.261. The highest BCUT2D eigenvalue weighted by atomic mass is 35.5. The van der Waals surface area contributed by atoms with Crippen LogP contribution < -0.4 is 10.7 Å². The number of halogens is 2. The number of anilines is 1. The van der Waals surface area contributed by atoms with E-state index < -0.39 is 42.2 Å². The van der Waals surface area contributed by atoms with Crippen LogP contribution in [0, 0.1) is 5.92 Å². The minimum absolute atomic E-state index is 0.110. The van der Waals surface area contributed by atoms with Crippen molar-refractivity contribution in [3.63, 3.8) is 0 Å². The van der Waals surface area contributed by atoms with Crippen molar-refractivity contribution >= 4 is 58.5 Å². The van der Waals surface area contributed by atoms with Gasteiger partial charge in [0.05, 0.1) is 35.2 Å². The number of nitrogens with one attached hydrogen (secondary N) is 2. The molecule has 3 rings (SSSR count). The van der Waals surface area contributed by atoms with E-state index in [9.17, 15) is 24.0 Å². The Kier molecular flexibility index (Phi) is 8.67. The molecule has 2 aromatic carbocycles. The number of esters is 2. The first-order valence-corrected chi connectivity index (χ1v) is 11.2. The molecule has 3 amide bonds. The maximum Gasteiger partial charge on any atom is 0.338 e. The Morgan fingerprint density at radius 1 is 1.06 bits per heavy atom. The van der Waals surface area contributed by atoms with Crippen LogP contribution in [0.3, 0.4) is 0 Å². The zero-order chi connectivity index (χ0) is 25.5. The van der Waals surface area contributed by atoms with Crippen molar-refractivity contribution in [2.24, 2.45) is 5.92 Å². The lowest BCUT2D eigenvalue weighted by molar-refractivity contribution is -0.151. The predicted molar refractivity (Wildman–Crippen MR) is 126 cm³/mol. The number of nitrogens with zero attached hydrogens (tertiary/aromatic N) is 1. The summed E-state index contributed by atoms with van der Waals surface area (Å²) in [7, 11) is 0. The molecule has 12 heteroatoms. The zero-order valence-electron chi connectivity index (χ0n) is 18.5. The number of ether oxygens (including phenoxy) is 2. The molecule has 1 heterocycles. The summed E-state index contributed by atoms with van der Waals surface area (Å²) in [5.74, 6) is -3.83. The van der Waals surface area contributed by atoms with Gasteiger partial charge >= 0.3 is 11.9 Å². The van der Waals surface area contributed by atoms with Crippen molar-refractivity contribution in [3.8, 4) is 0 Å². The molecule has 10 nitrogen and oxygen atoms in total. The molecular formula is C23H21Cl2N3O7. The first-order valence-electron chi connectivity index (χ1n) is 10.5. The molecule has 0 bridgehead atoms. The number of carbonyl (C=O) groups excluding carboxylic acids is 5. The molecule has 0 radical (unpaired) electrons. The van der Waals surface area contributed by atoms with Crippen LogP contribution in [0.2, 0.25) is 10.0 Å². The molecule has 0 spiro atoms. The van der Waals surface area contributed by atoms with Gasteiger partial charge in [-0.3, -0.25) is 29.6 Å². The average molecular weight is 522 g/mol. The van der Waals surface area contributed by atoms with E-state index in [2.05, 4.69) is 10.7 Å². The van der Waals surface area contributed by atoms with Crippen LogP contribution >= 0.6 is 23.2 Å². The molecule has 1 aliphatic rings. The maximum absolute atomic E-state index is 12.4. The Balaban J connectivity index is 1.47. The van der Waals surface area contributed by atoms with E-state index in [1.165, 1.54) is 42.5 Å². The molecule has 184 valence electrons. The monoisotopic (exact) mass is 521 g/mol. The molecule has 2 N–H and O–H groups in total. The molecule has 1 atom stereocenters. The Morgan fingerprint density at radius 3 is 2.43 bits per heavy atom. The summed E-state index contributed by atoms with van der Waals surface area (Å²) < 4.78 is 9.91. The number of hydrazine groups is 1. The SMILES string of the molecule is CCOC(=O)c1ccc(NC(=O)COC(=O)[C@H]2CC(=O)N(NC(=O)c3ccc(Cl)cc3Cl)C2)cc1. The number of amides is 3. The van der Waals surface area contributed by atoms with Crippen molar-refractivity contribution in [2.75, 3.05) is 25.1 Å². The fourth-order valence-corrected chi connectivity index (χ4v) is 3.68. The first kappa shape index (κ1) is 26.0. The van der Waals surface area contributed by atoms with Gasteiger partial charge in [0.1, 0.15) is 0 Å². The van der Waals surface area contributed by atoms with Crippen molar-refractivity contribution in [2.45, 2.75) is 13.3 Å². The smallest absolute Gasteiger partial charge is 0.338 e. The molecular weight excluding hydrogens is 501 g/mol. The summed E-state index contributed by atoms with van der Waals surface area (Å²) in [6.45, 7) is 1.25. The third kappa shape index (κ3) is 6.93. The van der Waals surface area contributed by atoms with Gasteiger partial charge in [0, 0.05) is 17.1 Å². The highest BCUT2D eigenvalue weighted by molar-refractivity contribution is 6.36. The van der Waals surface area contributed by atoms with Crippen LogP contribution in [0.15, 0.2) is 42.5 Å². The summed E-state index contributed by atoms with van der Waals surface area (Å²) >= 11 is 11.8. The number of hydrogen-bond donors (Lipinski definition) is 2. The van der Waals surface area contributed by atoms with E-state index in [0.29, 0.717) is 16.3 Å². The second-order valence-electron chi connectivity index (χ2n) is 7.42. The van der Waals surface area contributed by atoms with Gasteiger partial charge in [-0.05, 0) is 49.4 Å². The van der Waals surface area contributed by atoms with Gasteiger partial charge in [0.2, 0.25) is 5.91 Å². The zero-order valence-corrected chi connectivity index (χ0v) is 20.0. The Morgan fingerprint density at radius 2 is 1.77 bits per heavy atom. The van der Waals surface area contributed by atoms with Gasteiger partial charge in [-0.1, -0.05) is 23.2 Å². The highest BCUT2D eigenvalue weighted by Gasteiger charge is 2.37. The molecule has 0 aromatic heterocycles. The molecule has 2 aromatic rings. The molecule has 1 fully saturated rings. The van der Waals surface area contributed by atoms with Gasteiger partial charge in [-0.15, -0.1) is 0 Å². The highest BCUT2D eigenvalue weighted by Crippen LogP contribution is 2.22. The Labute approximate surface area is 210 Å². The van der Waals surface area contributed by atoms with Crippen LogP contribution in [-0.4, -0.2) is 54.4 Å². The molecule has 0 unspecified atom stereocenters. The molecule has 0 saturated carbocycles. The van der Waals surface area contributed by atoms with Gasteiger partial charge < -0.3 is 14.8 Å². The van der Waals surface area contributed by atoms with Crippen molar-refractivity contribution in [1.29, 1.82) is 0 Å². The Bertz CT molecular complexity index is 1150. The van der Waals surface area contributed by atoms with Crippen LogP contribution in [-0.2, 0) is 23.9 Å². The van der Waals surface area contributed by atoms with E-state index >= 15 is 0 Å². The van der Waals surface area contributed by atoms with Gasteiger partial charge in [-0.25, -0.2) is 4.79 Å². The third-order valence-corrected chi connectivity index (χ3v) is 5.44. The summed E-state index contributed by atoms with van der Waals surface area (Å²) in [6.07, 6.45) is -0.190. The lowest BCUT2D eigenvalue weighted by Gasteiger charge is -2.18. The minimum Gasteiger partial charge on any atom is -0.462 e. The van der Waals surface area contributed by atoms with Crippen LogP contribution in [0.5, 0.6) is 0 Å². The molecule has 0 aliphatic carbocycles. The van der Waals surface area contributed by atoms with Crippen LogP contribution in [0.25, 0.3) is 0 Å². The van der Waals surface area contributed by atoms with Crippen molar-refractivity contribution in [1.82, 2.24) is 10.4 Å². The molecule has 35 heavy (non-hydrogen) atoms. The molecule has 1 saturated heterocycles. The number of rotatable bonds is 8. The van der Waals surface area contributed by atoms with Crippen molar-refractivity contribution in [3.05, 3.63) is 63.6 Å². The third-order valence-electron chi connectivity index (χ3n) is 4.90.